The maximum absolute atomic E-state index is 12.3. The molecule has 0 spiro atoms. The molecule has 0 atom stereocenters. The van der Waals surface area contributed by atoms with Crippen LogP contribution in [0.1, 0.15) is 32.4 Å². The van der Waals surface area contributed by atoms with E-state index in [0.717, 1.165) is 11.4 Å². The van der Waals surface area contributed by atoms with E-state index < -0.39 is 0 Å². The minimum absolute atomic E-state index is 0.173. The van der Waals surface area contributed by atoms with Crippen LogP contribution in [0.15, 0.2) is 54.9 Å². The number of amides is 2. The van der Waals surface area contributed by atoms with Gasteiger partial charge in [-0.1, -0.05) is 12.1 Å². The van der Waals surface area contributed by atoms with Crippen LogP contribution in [0.2, 0.25) is 0 Å². The third-order valence-corrected chi connectivity index (χ3v) is 3.66. The van der Waals surface area contributed by atoms with Gasteiger partial charge in [0, 0.05) is 25.5 Å². The summed E-state index contributed by atoms with van der Waals surface area (Å²) in [5.41, 5.74) is 1.96. The minimum atomic E-state index is -0.366. The van der Waals surface area contributed by atoms with Crippen molar-refractivity contribution >= 4 is 11.8 Å². The van der Waals surface area contributed by atoms with Gasteiger partial charge in [0.2, 0.25) is 0 Å². The smallest absolute Gasteiger partial charge is 0.272 e. The molecule has 26 heavy (non-hydrogen) atoms. The molecule has 8 nitrogen and oxygen atoms in total. The monoisotopic (exact) mass is 350 g/mol. The second kappa shape index (κ2) is 8.02. The van der Waals surface area contributed by atoms with Gasteiger partial charge in [-0.05, 0) is 24.3 Å². The van der Waals surface area contributed by atoms with Gasteiger partial charge in [0.1, 0.15) is 5.69 Å². The predicted molar refractivity (Wildman–Crippen MR) is 94.0 cm³/mol. The Labute approximate surface area is 150 Å². The maximum Gasteiger partial charge on any atom is 0.272 e. The van der Waals surface area contributed by atoms with Gasteiger partial charge >= 0.3 is 0 Å². The number of hydrogen-bond acceptors (Lipinski definition) is 5. The predicted octanol–water partition coefficient (Wildman–Crippen LogP) is 1.07. The largest absolute Gasteiger partial charge is 0.345 e. The number of rotatable bonds is 6. The molecule has 8 heteroatoms. The van der Waals surface area contributed by atoms with Gasteiger partial charge in [0.15, 0.2) is 5.69 Å². The van der Waals surface area contributed by atoms with Crippen molar-refractivity contribution in [3.05, 3.63) is 77.6 Å². The molecule has 3 rings (SSSR count). The number of carbonyl (C=O) groups is 2. The number of aryl methyl sites for hydroxylation is 1. The molecule has 0 bridgehead atoms. The van der Waals surface area contributed by atoms with E-state index in [1.54, 1.807) is 25.5 Å². The molecule has 0 saturated carbocycles. The number of pyridine rings is 2. The van der Waals surface area contributed by atoms with Crippen LogP contribution in [0.5, 0.6) is 0 Å². The highest BCUT2D eigenvalue weighted by atomic mass is 16.2. The molecule has 0 radical (unpaired) electrons. The summed E-state index contributed by atoms with van der Waals surface area (Å²) >= 11 is 0. The van der Waals surface area contributed by atoms with Gasteiger partial charge in [-0.3, -0.25) is 24.2 Å². The highest BCUT2D eigenvalue weighted by Gasteiger charge is 2.17. The molecule has 0 fully saturated rings. The Kier molecular flexibility index (Phi) is 5.33. The third kappa shape index (κ3) is 4.29. The summed E-state index contributed by atoms with van der Waals surface area (Å²) in [6.45, 7) is 0.587. The first-order valence-corrected chi connectivity index (χ1v) is 8.04. The summed E-state index contributed by atoms with van der Waals surface area (Å²) in [5, 5.41) is 9.60. The van der Waals surface area contributed by atoms with E-state index in [4.69, 9.17) is 0 Å². The van der Waals surface area contributed by atoms with Crippen molar-refractivity contribution in [1.82, 2.24) is 30.4 Å². The van der Waals surface area contributed by atoms with Gasteiger partial charge < -0.3 is 10.6 Å². The highest BCUT2D eigenvalue weighted by molar-refractivity contribution is 5.97. The molecule has 0 unspecified atom stereocenters. The van der Waals surface area contributed by atoms with E-state index in [0.29, 0.717) is 12.2 Å². The van der Waals surface area contributed by atoms with Gasteiger partial charge in [-0.2, -0.15) is 5.10 Å². The van der Waals surface area contributed by atoms with Crippen molar-refractivity contribution in [2.75, 3.05) is 0 Å². The minimum Gasteiger partial charge on any atom is -0.345 e. The van der Waals surface area contributed by atoms with E-state index in [1.165, 1.54) is 10.7 Å². The first-order valence-electron chi connectivity index (χ1n) is 8.04. The first-order chi connectivity index (χ1) is 12.6. The number of carbonyl (C=O) groups excluding carboxylic acids is 2. The molecule has 0 aliphatic rings. The van der Waals surface area contributed by atoms with E-state index in [9.17, 15) is 9.59 Å². The van der Waals surface area contributed by atoms with Crippen molar-refractivity contribution in [3.8, 4) is 0 Å². The Morgan fingerprint density at radius 1 is 0.923 bits per heavy atom. The zero-order chi connectivity index (χ0) is 18.4. The molecular formula is C18H18N6O2. The molecule has 3 aromatic rings. The molecule has 0 aromatic carbocycles. The average Bonchev–Trinajstić information content (AvgIpc) is 3.08. The lowest BCUT2D eigenvalue weighted by Gasteiger charge is -2.04. The second-order valence-corrected chi connectivity index (χ2v) is 5.55. The number of nitrogens with zero attached hydrogens (tertiary/aromatic N) is 4. The fourth-order valence-electron chi connectivity index (χ4n) is 2.32. The molecule has 0 aliphatic carbocycles. The first kappa shape index (κ1) is 17.3. The van der Waals surface area contributed by atoms with Crippen molar-refractivity contribution < 1.29 is 9.59 Å². The number of nitrogens with one attached hydrogen (secondary N) is 2. The molecule has 3 aromatic heterocycles. The van der Waals surface area contributed by atoms with Crippen LogP contribution < -0.4 is 10.6 Å². The lowest BCUT2D eigenvalue weighted by atomic mass is 10.3. The lowest BCUT2D eigenvalue weighted by Crippen LogP contribution is -2.25. The van der Waals surface area contributed by atoms with Gasteiger partial charge in [-0.15, -0.1) is 0 Å². The van der Waals surface area contributed by atoms with Crippen molar-refractivity contribution in [2.24, 2.45) is 7.05 Å². The van der Waals surface area contributed by atoms with Crippen molar-refractivity contribution in [1.29, 1.82) is 0 Å². The summed E-state index contributed by atoms with van der Waals surface area (Å²) in [7, 11) is 1.62. The van der Waals surface area contributed by atoms with Gasteiger partial charge in [0.25, 0.3) is 11.8 Å². The molecule has 2 N–H and O–H groups in total. The Balaban J connectivity index is 1.60. The van der Waals surface area contributed by atoms with Gasteiger partial charge in [0.05, 0.1) is 24.5 Å². The van der Waals surface area contributed by atoms with E-state index in [1.807, 2.05) is 30.3 Å². The number of hydrogen-bond donors (Lipinski definition) is 2. The van der Waals surface area contributed by atoms with Gasteiger partial charge in [-0.25, -0.2) is 0 Å². The maximum atomic E-state index is 12.3. The van der Waals surface area contributed by atoms with E-state index in [2.05, 4.69) is 25.7 Å². The fraction of sp³-hybridized carbons (Fsp3) is 0.167. The zero-order valence-electron chi connectivity index (χ0n) is 14.2. The molecule has 132 valence electrons. The normalized spacial score (nSPS) is 10.3. The quantitative estimate of drug-likeness (QED) is 0.692. The van der Waals surface area contributed by atoms with Crippen molar-refractivity contribution in [3.63, 3.8) is 0 Å². The van der Waals surface area contributed by atoms with E-state index >= 15 is 0 Å². The molecule has 0 aliphatic heterocycles. The fourth-order valence-corrected chi connectivity index (χ4v) is 2.32. The zero-order valence-corrected chi connectivity index (χ0v) is 14.2. The lowest BCUT2D eigenvalue weighted by molar-refractivity contribution is 0.0935. The van der Waals surface area contributed by atoms with Crippen LogP contribution in [0, 0.1) is 0 Å². The molecule has 0 saturated heterocycles. The summed E-state index contributed by atoms with van der Waals surface area (Å²) in [6.07, 6.45) is 3.32. The number of aromatic nitrogens is 4. The molecular weight excluding hydrogens is 332 g/mol. The van der Waals surface area contributed by atoms with Crippen molar-refractivity contribution in [2.45, 2.75) is 13.1 Å². The van der Waals surface area contributed by atoms with Crippen LogP contribution in [0.25, 0.3) is 0 Å². The Morgan fingerprint density at radius 3 is 2.04 bits per heavy atom. The Morgan fingerprint density at radius 2 is 1.50 bits per heavy atom. The van der Waals surface area contributed by atoms with Crippen LogP contribution >= 0.6 is 0 Å². The summed E-state index contributed by atoms with van der Waals surface area (Å²) in [6, 6.07) is 12.4. The standard InChI is InChI=1S/C18H18N6O2/c1-24-16(18(26)22-12-14-7-3-5-9-20-14)10-15(23-24)17(25)21-11-13-6-2-4-8-19-13/h2-10H,11-12H2,1H3,(H,21,25)(H,22,26). The topological polar surface area (TPSA) is 102 Å². The molecule has 3 heterocycles. The molecule has 2 amide bonds. The Hall–Kier alpha value is -3.55. The second-order valence-electron chi connectivity index (χ2n) is 5.55. The van der Waals surface area contributed by atoms with Crippen LogP contribution in [0.3, 0.4) is 0 Å². The highest BCUT2D eigenvalue weighted by Crippen LogP contribution is 2.05. The van der Waals surface area contributed by atoms with Crippen LogP contribution in [0.4, 0.5) is 0 Å². The van der Waals surface area contributed by atoms with Crippen LogP contribution in [-0.4, -0.2) is 31.6 Å². The van der Waals surface area contributed by atoms with E-state index in [-0.39, 0.29) is 24.1 Å². The Bertz CT molecular complexity index is 893. The SMILES string of the molecule is Cn1nc(C(=O)NCc2ccccn2)cc1C(=O)NCc1ccccn1. The summed E-state index contributed by atoms with van der Waals surface area (Å²) < 4.78 is 1.38. The average molecular weight is 350 g/mol. The summed E-state index contributed by atoms with van der Waals surface area (Å²) in [4.78, 5) is 32.8. The third-order valence-electron chi connectivity index (χ3n) is 3.66. The summed E-state index contributed by atoms with van der Waals surface area (Å²) in [5.74, 6) is -0.690. The van der Waals surface area contributed by atoms with Crippen LogP contribution in [-0.2, 0) is 20.1 Å².